The van der Waals surface area contributed by atoms with Gasteiger partial charge in [0.05, 0.1) is 0 Å². The quantitative estimate of drug-likeness (QED) is 0.616. The third-order valence-corrected chi connectivity index (χ3v) is 3.26. The van der Waals surface area contributed by atoms with Crippen molar-refractivity contribution in [1.29, 1.82) is 5.26 Å². The maximum absolute atomic E-state index is 12.2. The molecule has 1 aromatic carbocycles. The largest absolute Gasteiger partial charge is 0.385 e. The Hall–Kier alpha value is -1.99. The number of rotatable bonds is 5. The molecule has 0 fully saturated rings. The molecule has 0 radical (unpaired) electrons. The molecule has 0 spiro atoms. The number of hydrogen-bond donors (Lipinski definition) is 2. The number of benzene rings is 1. The molecule has 0 unspecified atom stereocenters. The van der Waals surface area contributed by atoms with Crippen LogP contribution in [-0.4, -0.2) is 11.4 Å². The number of amides is 1. The van der Waals surface area contributed by atoms with Gasteiger partial charge in [-0.15, -0.1) is 0 Å². The van der Waals surface area contributed by atoms with Crippen molar-refractivity contribution in [3.05, 3.63) is 41.1 Å². The van der Waals surface area contributed by atoms with E-state index in [9.17, 15) is 10.1 Å². The molecular formula is C18H24ClN3O. The summed E-state index contributed by atoms with van der Waals surface area (Å²) in [5, 5.41) is 15.6. The number of hydrogen-bond acceptors (Lipinski definition) is 3. The van der Waals surface area contributed by atoms with E-state index in [1.54, 1.807) is 24.3 Å². The Morgan fingerprint density at radius 1 is 1.30 bits per heavy atom. The zero-order valence-electron chi connectivity index (χ0n) is 14.3. The third-order valence-electron chi connectivity index (χ3n) is 3.03. The van der Waals surface area contributed by atoms with Gasteiger partial charge < -0.3 is 10.6 Å². The number of nitriles is 1. The lowest BCUT2D eigenvalue weighted by atomic mass is 9.82. The molecule has 23 heavy (non-hydrogen) atoms. The van der Waals surface area contributed by atoms with Crippen LogP contribution in [0.4, 0.5) is 5.69 Å². The highest BCUT2D eigenvalue weighted by molar-refractivity contribution is 6.31. The molecule has 4 nitrogen and oxygen atoms in total. The Kier molecular flexibility index (Phi) is 6.23. The van der Waals surface area contributed by atoms with Gasteiger partial charge in [0.2, 0.25) is 0 Å². The van der Waals surface area contributed by atoms with Crippen molar-refractivity contribution in [3.63, 3.8) is 0 Å². The van der Waals surface area contributed by atoms with Crippen LogP contribution in [0.15, 0.2) is 36.0 Å². The summed E-state index contributed by atoms with van der Waals surface area (Å²) < 4.78 is 0. The van der Waals surface area contributed by atoms with Gasteiger partial charge in [-0.25, -0.2) is 0 Å². The first-order valence-corrected chi connectivity index (χ1v) is 7.85. The van der Waals surface area contributed by atoms with E-state index < -0.39 is 5.91 Å². The molecule has 0 atom stereocenters. The molecule has 0 saturated heterocycles. The van der Waals surface area contributed by atoms with Gasteiger partial charge in [-0.3, -0.25) is 4.79 Å². The number of carbonyl (C=O) groups excluding carboxylic acids is 1. The average Bonchev–Trinajstić information content (AvgIpc) is 2.36. The number of halogens is 1. The van der Waals surface area contributed by atoms with Gasteiger partial charge in [-0.2, -0.15) is 5.26 Å². The fourth-order valence-corrected chi connectivity index (χ4v) is 2.75. The van der Waals surface area contributed by atoms with Crippen molar-refractivity contribution in [3.8, 4) is 6.07 Å². The Morgan fingerprint density at radius 3 is 2.48 bits per heavy atom. The Labute approximate surface area is 143 Å². The first-order chi connectivity index (χ1) is 10.5. The van der Waals surface area contributed by atoms with E-state index in [0.717, 1.165) is 6.42 Å². The normalized spacial score (nSPS) is 12.5. The van der Waals surface area contributed by atoms with E-state index >= 15 is 0 Å². The van der Waals surface area contributed by atoms with Crippen LogP contribution in [0.3, 0.4) is 0 Å². The molecule has 0 bridgehead atoms. The molecule has 0 aromatic heterocycles. The topological polar surface area (TPSA) is 64.9 Å². The number of nitrogens with one attached hydrogen (secondary N) is 2. The van der Waals surface area contributed by atoms with E-state index in [1.807, 2.05) is 19.9 Å². The lowest BCUT2D eigenvalue weighted by molar-refractivity contribution is -0.112. The van der Waals surface area contributed by atoms with Crippen molar-refractivity contribution >= 4 is 23.2 Å². The highest BCUT2D eigenvalue weighted by Crippen LogP contribution is 2.26. The Morgan fingerprint density at radius 2 is 1.96 bits per heavy atom. The second-order valence-electron chi connectivity index (χ2n) is 7.40. The lowest BCUT2D eigenvalue weighted by Crippen LogP contribution is -2.39. The molecule has 2 N–H and O–H groups in total. The molecule has 1 amide bonds. The Bertz CT molecular complexity index is 636. The average molecular weight is 334 g/mol. The summed E-state index contributed by atoms with van der Waals surface area (Å²) in [5.74, 6) is -0.464. The monoisotopic (exact) mass is 333 g/mol. The van der Waals surface area contributed by atoms with Crippen molar-refractivity contribution in [2.24, 2.45) is 5.41 Å². The van der Waals surface area contributed by atoms with E-state index in [2.05, 4.69) is 31.4 Å². The number of anilines is 1. The molecular weight excluding hydrogens is 310 g/mol. The van der Waals surface area contributed by atoms with Crippen LogP contribution in [-0.2, 0) is 4.79 Å². The minimum atomic E-state index is -0.464. The van der Waals surface area contributed by atoms with Crippen molar-refractivity contribution < 1.29 is 4.79 Å². The van der Waals surface area contributed by atoms with Crippen molar-refractivity contribution in [2.75, 3.05) is 5.32 Å². The fourth-order valence-electron chi connectivity index (χ4n) is 2.56. The van der Waals surface area contributed by atoms with Crippen molar-refractivity contribution in [2.45, 2.75) is 46.6 Å². The summed E-state index contributed by atoms with van der Waals surface area (Å²) >= 11 is 5.88. The SMILES string of the molecule is CC(C)(C)CC(C)(C)N/C=C(/C#N)C(=O)Nc1cccc(Cl)c1. The van der Waals surface area contributed by atoms with E-state index in [4.69, 9.17) is 11.6 Å². The zero-order valence-corrected chi connectivity index (χ0v) is 15.1. The van der Waals surface area contributed by atoms with Gasteiger partial charge in [0, 0.05) is 22.4 Å². The number of nitrogens with zero attached hydrogens (tertiary/aromatic N) is 1. The molecule has 124 valence electrons. The van der Waals surface area contributed by atoms with Gasteiger partial charge >= 0.3 is 0 Å². The van der Waals surface area contributed by atoms with Gasteiger partial charge in [0.25, 0.3) is 5.91 Å². The molecule has 5 heteroatoms. The standard InChI is InChI=1S/C18H24ClN3O/c1-17(2,3)12-18(4,5)21-11-13(10-20)16(23)22-15-8-6-7-14(19)9-15/h6-9,11,21H,12H2,1-5H3,(H,22,23)/b13-11-. The minimum absolute atomic E-state index is 0.0203. The maximum atomic E-state index is 12.2. The van der Waals surface area contributed by atoms with Crippen molar-refractivity contribution in [1.82, 2.24) is 5.32 Å². The highest BCUT2D eigenvalue weighted by Gasteiger charge is 2.24. The van der Waals surface area contributed by atoms with E-state index in [-0.39, 0.29) is 16.5 Å². The van der Waals surface area contributed by atoms with Crippen LogP contribution in [0.5, 0.6) is 0 Å². The smallest absolute Gasteiger partial charge is 0.267 e. The van der Waals surface area contributed by atoms with Gasteiger partial charge in [0.1, 0.15) is 11.6 Å². The Balaban J connectivity index is 2.79. The molecule has 0 saturated carbocycles. The minimum Gasteiger partial charge on any atom is -0.385 e. The van der Waals surface area contributed by atoms with Gasteiger partial charge in [-0.05, 0) is 43.9 Å². The summed E-state index contributed by atoms with van der Waals surface area (Å²) in [6.07, 6.45) is 2.37. The summed E-state index contributed by atoms with van der Waals surface area (Å²) in [6, 6.07) is 8.73. The molecule has 0 aliphatic rings. The van der Waals surface area contributed by atoms with Crippen LogP contribution in [0.1, 0.15) is 41.0 Å². The van der Waals surface area contributed by atoms with Crippen LogP contribution in [0, 0.1) is 16.7 Å². The predicted octanol–water partition coefficient (Wildman–Crippen LogP) is 4.49. The molecule has 0 aliphatic carbocycles. The van der Waals surface area contributed by atoms with Gasteiger partial charge in [-0.1, -0.05) is 38.4 Å². The third kappa shape index (κ3) is 7.21. The van der Waals surface area contributed by atoms with Crippen LogP contribution >= 0.6 is 11.6 Å². The summed E-state index contributed by atoms with van der Waals surface area (Å²) in [7, 11) is 0. The number of carbonyl (C=O) groups is 1. The zero-order chi connectivity index (χ0) is 17.7. The highest BCUT2D eigenvalue weighted by atomic mass is 35.5. The van der Waals surface area contributed by atoms with Crippen LogP contribution < -0.4 is 10.6 Å². The first-order valence-electron chi connectivity index (χ1n) is 7.47. The lowest BCUT2D eigenvalue weighted by Gasteiger charge is -2.33. The first kappa shape index (κ1) is 19.1. The summed E-state index contributed by atoms with van der Waals surface area (Å²) in [5.41, 5.74) is 0.487. The molecule has 1 aromatic rings. The second kappa shape index (κ2) is 7.52. The predicted molar refractivity (Wildman–Crippen MR) is 95.1 cm³/mol. The summed E-state index contributed by atoms with van der Waals surface area (Å²) in [6.45, 7) is 10.5. The fraction of sp³-hybridized carbons (Fsp3) is 0.444. The molecule has 0 aliphatic heterocycles. The van der Waals surface area contributed by atoms with E-state index in [1.165, 1.54) is 6.20 Å². The summed E-state index contributed by atoms with van der Waals surface area (Å²) in [4.78, 5) is 12.2. The second-order valence-corrected chi connectivity index (χ2v) is 7.84. The molecule has 0 heterocycles. The van der Waals surface area contributed by atoms with Crippen LogP contribution in [0.2, 0.25) is 5.02 Å². The van der Waals surface area contributed by atoms with Gasteiger partial charge in [0.15, 0.2) is 0 Å². The van der Waals surface area contributed by atoms with E-state index in [0.29, 0.717) is 10.7 Å². The van der Waals surface area contributed by atoms with Crippen LogP contribution in [0.25, 0.3) is 0 Å². The molecule has 1 rings (SSSR count). The maximum Gasteiger partial charge on any atom is 0.267 e.